The Hall–Kier alpha value is -1.02. The maximum atomic E-state index is 12.3. The molecule has 1 heterocycles. The van der Waals surface area contributed by atoms with Crippen molar-refractivity contribution in [1.29, 1.82) is 0 Å². The lowest BCUT2D eigenvalue weighted by Crippen LogP contribution is -2.49. The molecule has 2 rings (SSSR count). The largest absolute Gasteiger partial charge is 0.401 e. The van der Waals surface area contributed by atoms with E-state index in [0.29, 0.717) is 18.5 Å². The normalized spacial score (nSPS) is 21.3. The maximum absolute atomic E-state index is 12.3. The van der Waals surface area contributed by atoms with Gasteiger partial charge in [-0.15, -0.1) is 0 Å². The number of halogens is 3. The van der Waals surface area contributed by atoms with Crippen molar-refractivity contribution >= 4 is 5.96 Å². The first-order chi connectivity index (χ1) is 11.4. The summed E-state index contributed by atoms with van der Waals surface area (Å²) in [6.45, 7) is 4.71. The molecular weight excluding hydrogens is 319 g/mol. The first-order valence-electron chi connectivity index (χ1n) is 8.91. The zero-order chi connectivity index (χ0) is 17.6. The van der Waals surface area contributed by atoms with E-state index in [0.717, 1.165) is 38.5 Å². The number of hydrogen-bond donors (Lipinski definition) is 2. The molecule has 0 bridgehead atoms. The summed E-state index contributed by atoms with van der Waals surface area (Å²) in [5, 5.41) is 6.61. The molecule has 1 aliphatic carbocycles. The van der Waals surface area contributed by atoms with Crippen LogP contribution in [0, 0.1) is 0 Å². The average molecular weight is 349 g/mol. The van der Waals surface area contributed by atoms with Crippen molar-refractivity contribution in [2.24, 2.45) is 4.99 Å². The Morgan fingerprint density at radius 3 is 2.42 bits per heavy atom. The van der Waals surface area contributed by atoms with Crippen LogP contribution in [-0.2, 0) is 0 Å². The number of nitrogens with one attached hydrogen (secondary N) is 2. The van der Waals surface area contributed by atoms with E-state index in [1.807, 2.05) is 6.92 Å². The molecule has 2 aliphatic rings. The highest BCUT2D eigenvalue weighted by Crippen LogP contribution is 2.29. The van der Waals surface area contributed by atoms with Crippen molar-refractivity contribution < 1.29 is 13.2 Å². The van der Waals surface area contributed by atoms with Gasteiger partial charge in [-0.25, -0.2) is 0 Å². The number of likely N-dealkylation sites (tertiary alicyclic amines) is 1. The molecule has 0 amide bonds. The van der Waals surface area contributed by atoms with E-state index in [-0.39, 0.29) is 6.54 Å². The van der Waals surface area contributed by atoms with Crippen molar-refractivity contribution in [2.45, 2.75) is 50.9 Å². The maximum Gasteiger partial charge on any atom is 0.401 e. The highest BCUT2D eigenvalue weighted by atomic mass is 19.4. The summed E-state index contributed by atoms with van der Waals surface area (Å²) in [4.78, 5) is 8.23. The second-order valence-corrected chi connectivity index (χ2v) is 6.80. The zero-order valence-electron chi connectivity index (χ0n) is 14.7. The van der Waals surface area contributed by atoms with Crippen molar-refractivity contribution in [3.8, 4) is 0 Å². The van der Waals surface area contributed by atoms with Crippen LogP contribution in [0.15, 0.2) is 4.99 Å². The molecule has 2 N–H and O–H groups in total. The van der Waals surface area contributed by atoms with Gasteiger partial charge in [0.2, 0.25) is 0 Å². The van der Waals surface area contributed by atoms with Crippen LogP contribution in [0.2, 0.25) is 0 Å². The molecule has 1 aliphatic heterocycles. The molecule has 24 heavy (non-hydrogen) atoms. The number of rotatable bonds is 7. The molecule has 2 fully saturated rings. The molecule has 1 saturated carbocycles. The number of piperidine rings is 1. The van der Waals surface area contributed by atoms with Crippen molar-refractivity contribution in [2.75, 3.05) is 46.3 Å². The zero-order valence-corrected chi connectivity index (χ0v) is 14.7. The number of guanidine groups is 1. The minimum absolute atomic E-state index is 0.288. The van der Waals surface area contributed by atoms with Gasteiger partial charge in [0.15, 0.2) is 5.96 Å². The minimum atomic E-state index is -4.16. The van der Waals surface area contributed by atoms with E-state index in [4.69, 9.17) is 0 Å². The van der Waals surface area contributed by atoms with E-state index in [1.165, 1.54) is 24.8 Å². The van der Waals surface area contributed by atoms with Crippen LogP contribution in [0.4, 0.5) is 13.2 Å². The third kappa shape index (κ3) is 7.25. The topological polar surface area (TPSA) is 42.9 Å². The van der Waals surface area contributed by atoms with Gasteiger partial charge in [-0.2, -0.15) is 13.2 Å². The van der Waals surface area contributed by atoms with Crippen molar-refractivity contribution in [3.63, 3.8) is 0 Å². The Morgan fingerprint density at radius 2 is 1.88 bits per heavy atom. The molecule has 0 aromatic heterocycles. The summed E-state index contributed by atoms with van der Waals surface area (Å²) in [6.07, 6.45) is 0.710. The highest BCUT2D eigenvalue weighted by molar-refractivity contribution is 5.80. The van der Waals surface area contributed by atoms with Crippen LogP contribution < -0.4 is 10.6 Å². The van der Waals surface area contributed by atoms with E-state index in [9.17, 15) is 13.2 Å². The van der Waals surface area contributed by atoms with E-state index >= 15 is 0 Å². The third-order valence-electron chi connectivity index (χ3n) is 4.48. The Morgan fingerprint density at radius 1 is 1.21 bits per heavy atom. The molecule has 0 unspecified atom stereocenters. The predicted octanol–water partition coefficient (Wildman–Crippen LogP) is 1.66. The Labute approximate surface area is 142 Å². The van der Waals surface area contributed by atoms with E-state index in [1.54, 1.807) is 0 Å². The molecular formula is C16H30F3N5. The summed E-state index contributed by atoms with van der Waals surface area (Å²) < 4.78 is 36.9. The smallest absolute Gasteiger partial charge is 0.357 e. The van der Waals surface area contributed by atoms with Crippen LogP contribution in [0.5, 0.6) is 0 Å². The molecule has 0 spiro atoms. The lowest BCUT2D eigenvalue weighted by atomic mass is 10.1. The summed E-state index contributed by atoms with van der Waals surface area (Å²) in [5.74, 6) is 0.711. The number of nitrogens with zero attached hydrogens (tertiary/aromatic N) is 3. The van der Waals surface area contributed by atoms with E-state index < -0.39 is 12.7 Å². The summed E-state index contributed by atoms with van der Waals surface area (Å²) >= 11 is 0. The van der Waals surface area contributed by atoms with Gasteiger partial charge in [-0.05, 0) is 39.7 Å². The second kappa shape index (κ2) is 8.89. The third-order valence-corrected chi connectivity index (χ3v) is 4.48. The predicted molar refractivity (Wildman–Crippen MR) is 90.3 cm³/mol. The fraction of sp³-hybridized carbons (Fsp3) is 0.938. The summed E-state index contributed by atoms with van der Waals surface area (Å²) in [5.41, 5.74) is 0. The SMILES string of the molecule is CCNC(=NCCN(C)CC(F)(F)F)NC1CCN(C2CC2)CC1. The van der Waals surface area contributed by atoms with Gasteiger partial charge in [0, 0.05) is 38.3 Å². The Bertz CT molecular complexity index is 401. The first-order valence-corrected chi connectivity index (χ1v) is 8.91. The van der Waals surface area contributed by atoms with Gasteiger partial charge in [-0.1, -0.05) is 0 Å². The van der Waals surface area contributed by atoms with Gasteiger partial charge < -0.3 is 15.5 Å². The van der Waals surface area contributed by atoms with Crippen LogP contribution >= 0.6 is 0 Å². The van der Waals surface area contributed by atoms with Crippen LogP contribution in [0.1, 0.15) is 32.6 Å². The molecule has 0 aromatic rings. The quantitative estimate of drug-likeness (QED) is 0.542. The lowest BCUT2D eigenvalue weighted by Gasteiger charge is -2.33. The minimum Gasteiger partial charge on any atom is -0.357 e. The molecule has 0 atom stereocenters. The lowest BCUT2D eigenvalue weighted by molar-refractivity contribution is -0.142. The average Bonchev–Trinajstić information content (AvgIpc) is 3.31. The fourth-order valence-corrected chi connectivity index (χ4v) is 3.08. The summed E-state index contributed by atoms with van der Waals surface area (Å²) in [6, 6.07) is 1.21. The molecule has 0 aromatic carbocycles. The van der Waals surface area contributed by atoms with Crippen LogP contribution in [-0.4, -0.2) is 80.3 Å². The Balaban J connectivity index is 1.72. The molecule has 5 nitrogen and oxygen atoms in total. The standard InChI is InChI=1S/C16H30F3N5/c1-3-20-15(21-8-11-23(2)12-16(17,18)19)22-13-6-9-24(10-7-13)14-4-5-14/h13-14H,3-12H2,1-2H3,(H2,20,21,22). The van der Waals surface area contributed by atoms with Gasteiger partial charge >= 0.3 is 6.18 Å². The van der Waals surface area contributed by atoms with Crippen molar-refractivity contribution in [1.82, 2.24) is 20.4 Å². The van der Waals surface area contributed by atoms with Gasteiger partial charge in [-0.3, -0.25) is 9.89 Å². The number of aliphatic imine (C=N–C) groups is 1. The van der Waals surface area contributed by atoms with Crippen LogP contribution in [0.25, 0.3) is 0 Å². The molecule has 0 radical (unpaired) electrons. The Kier molecular flexibility index (Phi) is 7.16. The first kappa shape index (κ1) is 19.3. The summed E-state index contributed by atoms with van der Waals surface area (Å²) in [7, 11) is 1.47. The van der Waals surface area contributed by atoms with Crippen molar-refractivity contribution in [3.05, 3.63) is 0 Å². The van der Waals surface area contributed by atoms with Gasteiger partial charge in [0.1, 0.15) is 0 Å². The highest BCUT2D eigenvalue weighted by Gasteiger charge is 2.32. The van der Waals surface area contributed by atoms with E-state index in [2.05, 4.69) is 20.5 Å². The van der Waals surface area contributed by atoms with Gasteiger partial charge in [0.25, 0.3) is 0 Å². The van der Waals surface area contributed by atoms with Crippen LogP contribution in [0.3, 0.4) is 0 Å². The molecule has 8 heteroatoms. The number of likely N-dealkylation sites (N-methyl/N-ethyl adjacent to an activating group) is 1. The monoisotopic (exact) mass is 349 g/mol. The number of alkyl halides is 3. The molecule has 1 saturated heterocycles. The fourth-order valence-electron chi connectivity index (χ4n) is 3.08. The van der Waals surface area contributed by atoms with Gasteiger partial charge in [0.05, 0.1) is 13.1 Å². The number of hydrogen-bond acceptors (Lipinski definition) is 3. The second-order valence-electron chi connectivity index (χ2n) is 6.80. The molecule has 140 valence electrons.